The van der Waals surface area contributed by atoms with E-state index in [-0.39, 0.29) is 12.1 Å². The van der Waals surface area contributed by atoms with Crippen LogP contribution in [0, 0.1) is 0 Å². The zero-order valence-corrected chi connectivity index (χ0v) is 14.0. The summed E-state index contributed by atoms with van der Waals surface area (Å²) in [5.74, 6) is -0.587. The van der Waals surface area contributed by atoms with Gasteiger partial charge in [0, 0.05) is 17.1 Å². The number of methoxy groups -OCH3 is 1. The van der Waals surface area contributed by atoms with Crippen molar-refractivity contribution in [3.05, 3.63) is 46.6 Å². The fourth-order valence-electron chi connectivity index (χ4n) is 1.95. The molecule has 7 nitrogen and oxygen atoms in total. The normalized spacial score (nSPS) is 18.0. The number of allylic oxidation sites excluding steroid dienone is 1. The summed E-state index contributed by atoms with van der Waals surface area (Å²) in [5, 5.41) is 0.574. The van der Waals surface area contributed by atoms with Gasteiger partial charge in [0.05, 0.1) is 19.4 Å². The number of nitrogens with zero attached hydrogens (tertiary/aromatic N) is 1. The lowest BCUT2D eigenvalue weighted by Gasteiger charge is -2.20. The fraction of sp³-hybridized carbons (Fsp3) is 0.286. The standard InChI is InChI=1S/C14H15ClN2O5S/c1-21-14(18)13-8-11(17-22-23(2,19)20)7-12(16-13)9-3-5-10(15)6-4-9/h3-7,12,17H,8H2,1-2H3. The molecule has 1 atom stereocenters. The summed E-state index contributed by atoms with van der Waals surface area (Å²) in [6, 6.07) is 6.45. The lowest BCUT2D eigenvalue weighted by atomic mass is 10.0. The van der Waals surface area contributed by atoms with Gasteiger partial charge in [-0.25, -0.2) is 4.79 Å². The van der Waals surface area contributed by atoms with Gasteiger partial charge in [-0.05, 0) is 23.8 Å². The Kier molecular flexibility index (Phi) is 5.40. The maximum atomic E-state index is 11.8. The summed E-state index contributed by atoms with van der Waals surface area (Å²) in [4.78, 5) is 16.1. The van der Waals surface area contributed by atoms with E-state index in [2.05, 4.69) is 19.5 Å². The van der Waals surface area contributed by atoms with Gasteiger partial charge in [-0.3, -0.25) is 10.5 Å². The highest BCUT2D eigenvalue weighted by atomic mass is 35.5. The van der Waals surface area contributed by atoms with E-state index in [1.165, 1.54) is 7.11 Å². The molecule has 124 valence electrons. The number of benzene rings is 1. The van der Waals surface area contributed by atoms with Crippen LogP contribution in [0.3, 0.4) is 0 Å². The predicted molar refractivity (Wildman–Crippen MR) is 85.4 cm³/mol. The third kappa shape index (κ3) is 5.05. The SMILES string of the molecule is COC(=O)C1=NC(c2ccc(Cl)cc2)C=C(NOS(C)(=O)=O)C1. The number of carbonyl (C=O) groups excluding carboxylic acids is 1. The summed E-state index contributed by atoms with van der Waals surface area (Å²) in [5.41, 5.74) is 3.68. The number of hydrogen-bond donors (Lipinski definition) is 1. The van der Waals surface area contributed by atoms with E-state index in [1.54, 1.807) is 30.3 Å². The van der Waals surface area contributed by atoms with Gasteiger partial charge in [0.2, 0.25) is 0 Å². The van der Waals surface area contributed by atoms with Crippen molar-refractivity contribution in [3.8, 4) is 0 Å². The van der Waals surface area contributed by atoms with E-state index in [1.807, 2.05) is 0 Å². The van der Waals surface area contributed by atoms with Crippen LogP contribution in [0.15, 0.2) is 41.0 Å². The van der Waals surface area contributed by atoms with E-state index >= 15 is 0 Å². The van der Waals surface area contributed by atoms with E-state index < -0.39 is 22.1 Å². The molecule has 1 aromatic rings. The minimum absolute atomic E-state index is 0.0757. The van der Waals surface area contributed by atoms with Crippen LogP contribution in [-0.2, 0) is 23.9 Å². The molecule has 0 aliphatic carbocycles. The first-order valence-corrected chi connectivity index (χ1v) is 8.73. The van der Waals surface area contributed by atoms with Crippen molar-refractivity contribution < 1.29 is 22.2 Å². The molecule has 1 aliphatic heterocycles. The number of aliphatic imine (C=N–C) groups is 1. The van der Waals surface area contributed by atoms with E-state index in [0.29, 0.717) is 10.7 Å². The molecule has 0 amide bonds. The van der Waals surface area contributed by atoms with Crippen LogP contribution in [0.5, 0.6) is 0 Å². The fourth-order valence-corrected chi connectivity index (χ4v) is 2.34. The second kappa shape index (κ2) is 7.12. The summed E-state index contributed by atoms with van der Waals surface area (Å²) < 4.78 is 31.4. The molecular weight excluding hydrogens is 344 g/mol. The Hall–Kier alpha value is -1.90. The van der Waals surface area contributed by atoms with Crippen LogP contribution in [0.1, 0.15) is 18.0 Å². The lowest BCUT2D eigenvalue weighted by molar-refractivity contribution is -0.132. The molecule has 23 heavy (non-hydrogen) atoms. The van der Waals surface area contributed by atoms with Crippen molar-refractivity contribution in [3.63, 3.8) is 0 Å². The van der Waals surface area contributed by atoms with Crippen molar-refractivity contribution in [1.29, 1.82) is 0 Å². The average molecular weight is 359 g/mol. The van der Waals surface area contributed by atoms with Gasteiger partial charge in [0.1, 0.15) is 5.71 Å². The number of carbonyl (C=O) groups is 1. The molecule has 1 N–H and O–H groups in total. The monoisotopic (exact) mass is 358 g/mol. The number of rotatable bonds is 5. The zero-order valence-electron chi connectivity index (χ0n) is 12.4. The number of esters is 1. The Bertz CT molecular complexity index is 756. The molecular formula is C14H15ClN2O5S. The maximum absolute atomic E-state index is 11.8. The van der Waals surface area contributed by atoms with Crippen LogP contribution in [0.25, 0.3) is 0 Å². The van der Waals surface area contributed by atoms with Gasteiger partial charge in [0.15, 0.2) is 0 Å². The number of halogens is 1. The molecule has 0 saturated carbocycles. The maximum Gasteiger partial charge on any atom is 0.352 e. The van der Waals surface area contributed by atoms with Crippen molar-refractivity contribution >= 4 is 33.4 Å². The minimum Gasteiger partial charge on any atom is -0.465 e. The van der Waals surface area contributed by atoms with Gasteiger partial charge in [-0.2, -0.15) is 12.7 Å². The molecule has 0 radical (unpaired) electrons. The zero-order chi connectivity index (χ0) is 17.0. The second-order valence-electron chi connectivity index (χ2n) is 4.82. The van der Waals surface area contributed by atoms with Crippen molar-refractivity contribution in [2.75, 3.05) is 13.4 Å². The smallest absolute Gasteiger partial charge is 0.352 e. The molecule has 0 aromatic heterocycles. The minimum atomic E-state index is -3.68. The highest BCUT2D eigenvalue weighted by molar-refractivity contribution is 7.85. The first-order valence-electron chi connectivity index (χ1n) is 6.54. The van der Waals surface area contributed by atoms with Crippen LogP contribution in [0.4, 0.5) is 0 Å². The average Bonchev–Trinajstić information content (AvgIpc) is 2.52. The second-order valence-corrected chi connectivity index (χ2v) is 6.83. The van der Waals surface area contributed by atoms with E-state index in [0.717, 1.165) is 11.8 Å². The van der Waals surface area contributed by atoms with Gasteiger partial charge < -0.3 is 4.74 Å². The Labute approximate surface area is 139 Å². The Morgan fingerprint density at radius 3 is 2.57 bits per heavy atom. The van der Waals surface area contributed by atoms with Crippen molar-refractivity contribution in [2.24, 2.45) is 4.99 Å². The summed E-state index contributed by atoms with van der Waals surface area (Å²) in [6.45, 7) is 0. The van der Waals surface area contributed by atoms with Crippen LogP contribution in [0.2, 0.25) is 5.02 Å². The largest absolute Gasteiger partial charge is 0.465 e. The molecule has 1 unspecified atom stereocenters. The highest BCUT2D eigenvalue weighted by Crippen LogP contribution is 2.27. The Morgan fingerprint density at radius 1 is 1.35 bits per heavy atom. The topological polar surface area (TPSA) is 94.1 Å². The van der Waals surface area contributed by atoms with Gasteiger partial charge in [0.25, 0.3) is 10.1 Å². The summed E-state index contributed by atoms with van der Waals surface area (Å²) in [6.07, 6.45) is 2.66. The lowest BCUT2D eigenvalue weighted by Crippen LogP contribution is -2.27. The summed E-state index contributed by atoms with van der Waals surface area (Å²) >= 11 is 5.86. The quantitative estimate of drug-likeness (QED) is 0.636. The molecule has 0 bridgehead atoms. The molecule has 2 rings (SSSR count). The van der Waals surface area contributed by atoms with Crippen LogP contribution >= 0.6 is 11.6 Å². The van der Waals surface area contributed by atoms with Gasteiger partial charge in [-0.1, -0.05) is 23.7 Å². The highest BCUT2D eigenvalue weighted by Gasteiger charge is 2.23. The first kappa shape index (κ1) is 17.5. The molecule has 1 aliphatic rings. The van der Waals surface area contributed by atoms with Crippen molar-refractivity contribution in [1.82, 2.24) is 5.48 Å². The molecule has 1 aromatic carbocycles. The number of ether oxygens (including phenoxy) is 1. The number of nitrogens with one attached hydrogen (secondary N) is 1. The van der Waals surface area contributed by atoms with Gasteiger partial charge in [-0.15, -0.1) is 0 Å². The van der Waals surface area contributed by atoms with Gasteiger partial charge >= 0.3 is 5.97 Å². The molecule has 0 spiro atoms. The first-order chi connectivity index (χ1) is 10.8. The molecule has 1 heterocycles. The number of hydrogen-bond acceptors (Lipinski definition) is 7. The Balaban J connectivity index is 2.29. The van der Waals surface area contributed by atoms with E-state index in [4.69, 9.17) is 11.6 Å². The third-order valence-corrected chi connectivity index (χ3v) is 3.61. The van der Waals surface area contributed by atoms with Crippen LogP contribution < -0.4 is 5.48 Å². The number of dihydropyridines is 1. The number of hydroxylamine groups is 1. The predicted octanol–water partition coefficient (Wildman–Crippen LogP) is 1.76. The molecule has 0 fully saturated rings. The third-order valence-electron chi connectivity index (χ3n) is 2.97. The molecule has 9 heteroatoms. The molecule has 0 saturated heterocycles. The summed E-state index contributed by atoms with van der Waals surface area (Å²) in [7, 11) is -2.43. The van der Waals surface area contributed by atoms with Crippen molar-refractivity contribution in [2.45, 2.75) is 12.5 Å². The van der Waals surface area contributed by atoms with E-state index in [9.17, 15) is 13.2 Å². The van der Waals surface area contributed by atoms with Crippen LogP contribution in [-0.4, -0.2) is 33.5 Å². The Morgan fingerprint density at radius 2 is 2.00 bits per heavy atom.